The van der Waals surface area contributed by atoms with E-state index in [2.05, 4.69) is 13.8 Å². The molecular weight excluding hydrogens is 372 g/mol. The summed E-state index contributed by atoms with van der Waals surface area (Å²) in [6.07, 6.45) is 5.39. The van der Waals surface area contributed by atoms with Gasteiger partial charge in [-0.05, 0) is 43.2 Å². The molecule has 1 aromatic rings. The van der Waals surface area contributed by atoms with Gasteiger partial charge in [0.05, 0.1) is 24.2 Å². The number of benzene rings is 1. The molecule has 1 aromatic carbocycles. The lowest BCUT2D eigenvalue weighted by molar-refractivity contribution is -0.277. The van der Waals surface area contributed by atoms with Crippen molar-refractivity contribution in [3.05, 3.63) is 28.8 Å². The zero-order valence-corrected chi connectivity index (χ0v) is 17.5. The Morgan fingerprint density at radius 1 is 1.31 bits per heavy atom. The summed E-state index contributed by atoms with van der Waals surface area (Å²) in [4.78, 5) is 11.7. The normalized spacial score (nSPS) is 29.1. The molecule has 0 radical (unpaired) electrons. The number of carbonyl (C=O) groups is 1. The van der Waals surface area contributed by atoms with Gasteiger partial charge in [0.2, 0.25) is 0 Å². The Labute approximate surface area is 165 Å². The SMILES string of the molecule is CC1COC2(CCC(C)C2)OC1.CSc1ccc(C(C)C(=O)O)cc1Cl. The van der Waals surface area contributed by atoms with E-state index in [1.807, 2.05) is 12.3 Å². The topological polar surface area (TPSA) is 55.8 Å². The average Bonchev–Trinajstić information content (AvgIpc) is 2.98. The third-order valence-corrected chi connectivity index (χ3v) is 6.21. The van der Waals surface area contributed by atoms with Crippen molar-refractivity contribution >= 4 is 29.3 Å². The number of hydrogen-bond donors (Lipinski definition) is 1. The van der Waals surface area contributed by atoms with Crippen LogP contribution >= 0.6 is 23.4 Å². The van der Waals surface area contributed by atoms with Gasteiger partial charge in [-0.2, -0.15) is 0 Å². The van der Waals surface area contributed by atoms with Gasteiger partial charge in [0.1, 0.15) is 0 Å². The van der Waals surface area contributed by atoms with Crippen LogP contribution in [0.2, 0.25) is 5.02 Å². The monoisotopic (exact) mass is 400 g/mol. The minimum absolute atomic E-state index is 0.175. The highest BCUT2D eigenvalue weighted by Gasteiger charge is 2.42. The summed E-state index contributed by atoms with van der Waals surface area (Å²) >= 11 is 7.51. The van der Waals surface area contributed by atoms with E-state index in [1.54, 1.807) is 30.8 Å². The zero-order valence-electron chi connectivity index (χ0n) is 16.0. The minimum atomic E-state index is -0.835. The molecule has 1 N–H and O–H groups in total. The number of rotatable bonds is 3. The van der Waals surface area contributed by atoms with Crippen LogP contribution in [-0.2, 0) is 14.3 Å². The van der Waals surface area contributed by atoms with Gasteiger partial charge in [-0.3, -0.25) is 4.79 Å². The van der Waals surface area contributed by atoms with E-state index in [0.29, 0.717) is 10.9 Å². The highest BCUT2D eigenvalue weighted by molar-refractivity contribution is 7.98. The van der Waals surface area contributed by atoms with Gasteiger partial charge in [-0.1, -0.05) is 31.5 Å². The van der Waals surface area contributed by atoms with E-state index < -0.39 is 11.9 Å². The van der Waals surface area contributed by atoms with E-state index in [4.69, 9.17) is 26.2 Å². The summed E-state index contributed by atoms with van der Waals surface area (Å²) in [5.74, 6) is -0.169. The van der Waals surface area contributed by atoms with Crippen LogP contribution in [0.15, 0.2) is 23.1 Å². The molecule has 6 heteroatoms. The number of ether oxygens (including phenoxy) is 2. The fourth-order valence-electron chi connectivity index (χ4n) is 3.24. The third kappa shape index (κ3) is 5.62. The lowest BCUT2D eigenvalue weighted by Crippen LogP contribution is -2.41. The second kappa shape index (κ2) is 9.45. The summed E-state index contributed by atoms with van der Waals surface area (Å²) in [6, 6.07) is 5.37. The molecule has 0 bridgehead atoms. The van der Waals surface area contributed by atoms with E-state index >= 15 is 0 Å². The summed E-state index contributed by atoms with van der Waals surface area (Å²) < 4.78 is 11.6. The highest BCUT2D eigenvalue weighted by Crippen LogP contribution is 2.40. The molecule has 146 valence electrons. The minimum Gasteiger partial charge on any atom is -0.481 e. The molecular formula is C20H29ClO4S. The lowest BCUT2D eigenvalue weighted by Gasteiger charge is -2.36. The molecule has 2 aliphatic rings. The third-order valence-electron chi connectivity index (χ3n) is 4.99. The van der Waals surface area contributed by atoms with Crippen LogP contribution in [0.3, 0.4) is 0 Å². The van der Waals surface area contributed by atoms with E-state index in [0.717, 1.165) is 42.4 Å². The van der Waals surface area contributed by atoms with Crippen molar-refractivity contribution in [1.82, 2.24) is 0 Å². The maximum atomic E-state index is 10.7. The molecule has 1 aliphatic heterocycles. The first-order valence-electron chi connectivity index (χ1n) is 9.10. The molecule has 2 atom stereocenters. The fraction of sp³-hybridized carbons (Fsp3) is 0.650. The first kappa shape index (κ1) is 21.5. The Balaban J connectivity index is 0.000000189. The number of aliphatic carboxylic acids is 1. The molecule has 1 aliphatic carbocycles. The van der Waals surface area contributed by atoms with Gasteiger partial charge in [0.25, 0.3) is 0 Å². The molecule has 2 unspecified atom stereocenters. The van der Waals surface area contributed by atoms with Crippen LogP contribution in [0.25, 0.3) is 0 Å². The van der Waals surface area contributed by atoms with Crippen molar-refractivity contribution < 1.29 is 19.4 Å². The number of thioether (sulfide) groups is 1. The molecule has 3 rings (SSSR count). The van der Waals surface area contributed by atoms with Gasteiger partial charge in [0, 0.05) is 23.7 Å². The molecule has 1 heterocycles. The van der Waals surface area contributed by atoms with Crippen LogP contribution < -0.4 is 0 Å². The largest absolute Gasteiger partial charge is 0.481 e. The Morgan fingerprint density at radius 2 is 1.96 bits per heavy atom. The van der Waals surface area contributed by atoms with Crippen LogP contribution in [0.1, 0.15) is 51.5 Å². The standard InChI is InChI=1S/C10H11ClO2S.C10H18O2/c1-6(10(12)13)7-3-4-9(14-2)8(11)5-7;1-8-3-4-10(5-8)11-6-9(2)7-12-10/h3-6H,1-2H3,(H,12,13);8-9H,3-7H2,1-2H3. The van der Waals surface area contributed by atoms with Crippen molar-refractivity contribution in [3.63, 3.8) is 0 Å². The van der Waals surface area contributed by atoms with Crippen molar-refractivity contribution in [3.8, 4) is 0 Å². The lowest BCUT2D eigenvalue weighted by atomic mass is 10.0. The maximum absolute atomic E-state index is 10.7. The van der Waals surface area contributed by atoms with E-state index in [9.17, 15) is 4.79 Å². The number of halogens is 1. The van der Waals surface area contributed by atoms with Crippen molar-refractivity contribution in [2.45, 2.75) is 56.6 Å². The molecule has 1 saturated heterocycles. The Hall–Kier alpha value is -0.750. The molecule has 0 amide bonds. The number of hydrogen-bond acceptors (Lipinski definition) is 4. The summed E-state index contributed by atoms with van der Waals surface area (Å²) in [6.45, 7) is 7.86. The molecule has 26 heavy (non-hydrogen) atoms. The van der Waals surface area contributed by atoms with Crippen LogP contribution in [0, 0.1) is 11.8 Å². The summed E-state index contributed by atoms with van der Waals surface area (Å²) in [5.41, 5.74) is 0.736. The van der Waals surface area contributed by atoms with Crippen molar-refractivity contribution in [1.29, 1.82) is 0 Å². The van der Waals surface area contributed by atoms with Crippen LogP contribution in [-0.4, -0.2) is 36.3 Å². The second-order valence-electron chi connectivity index (χ2n) is 7.44. The first-order valence-corrected chi connectivity index (χ1v) is 10.7. The zero-order chi connectivity index (χ0) is 19.3. The Bertz CT molecular complexity index is 614. The molecule has 4 nitrogen and oxygen atoms in total. The quantitative estimate of drug-likeness (QED) is 0.685. The van der Waals surface area contributed by atoms with E-state index in [-0.39, 0.29) is 5.79 Å². The molecule has 0 aromatic heterocycles. The Morgan fingerprint density at radius 3 is 2.42 bits per heavy atom. The maximum Gasteiger partial charge on any atom is 0.310 e. The van der Waals surface area contributed by atoms with Crippen LogP contribution in [0.4, 0.5) is 0 Å². The van der Waals surface area contributed by atoms with E-state index in [1.165, 1.54) is 6.42 Å². The summed E-state index contributed by atoms with van der Waals surface area (Å²) in [7, 11) is 0. The fourth-order valence-corrected chi connectivity index (χ4v) is 4.11. The summed E-state index contributed by atoms with van der Waals surface area (Å²) in [5, 5.41) is 9.42. The van der Waals surface area contributed by atoms with Crippen molar-refractivity contribution in [2.75, 3.05) is 19.5 Å². The number of carboxylic acids is 1. The van der Waals surface area contributed by atoms with Crippen molar-refractivity contribution in [2.24, 2.45) is 11.8 Å². The molecule has 1 spiro atoms. The first-order chi connectivity index (χ1) is 12.3. The Kier molecular flexibility index (Phi) is 7.83. The smallest absolute Gasteiger partial charge is 0.310 e. The van der Waals surface area contributed by atoms with Gasteiger partial charge in [-0.15, -0.1) is 11.8 Å². The highest BCUT2D eigenvalue weighted by atomic mass is 35.5. The molecule has 1 saturated carbocycles. The predicted octanol–water partition coefficient (Wildman–Crippen LogP) is 5.44. The van der Waals surface area contributed by atoms with Gasteiger partial charge in [-0.25, -0.2) is 0 Å². The predicted molar refractivity (Wildman–Crippen MR) is 106 cm³/mol. The van der Waals surface area contributed by atoms with Gasteiger partial charge < -0.3 is 14.6 Å². The van der Waals surface area contributed by atoms with Gasteiger partial charge >= 0.3 is 5.97 Å². The molecule has 2 fully saturated rings. The number of carboxylic acid groups (broad SMARTS) is 1. The second-order valence-corrected chi connectivity index (χ2v) is 8.70. The van der Waals surface area contributed by atoms with Gasteiger partial charge in [0.15, 0.2) is 5.79 Å². The van der Waals surface area contributed by atoms with Crippen LogP contribution in [0.5, 0.6) is 0 Å². The average molecular weight is 401 g/mol.